The molecule has 158 valence electrons. The maximum atomic E-state index is 6.75. The van der Waals surface area contributed by atoms with E-state index in [1.54, 1.807) is 0 Å². The number of hydrogen-bond donors (Lipinski definition) is 0. The second kappa shape index (κ2) is 7.08. The number of ether oxygens (including phenoxy) is 1. The van der Waals surface area contributed by atoms with Gasteiger partial charge < -0.3 is 4.74 Å². The van der Waals surface area contributed by atoms with Crippen LogP contribution in [0.4, 0.5) is 0 Å². The summed E-state index contributed by atoms with van der Waals surface area (Å²) < 4.78 is 9.76. The smallest absolute Gasteiger partial charge is 0.103 e. The number of halogens is 1. The molecule has 0 radical (unpaired) electrons. The van der Waals surface area contributed by atoms with E-state index in [2.05, 4.69) is 45.0 Å². The predicted molar refractivity (Wildman–Crippen MR) is 118 cm³/mol. The third kappa shape index (κ3) is 3.17. The average molecular weight is 426 g/mol. The van der Waals surface area contributed by atoms with Gasteiger partial charge in [-0.15, -0.1) is 0 Å². The summed E-state index contributed by atoms with van der Waals surface area (Å²) in [6, 6.07) is 4.92. The summed E-state index contributed by atoms with van der Waals surface area (Å²) in [5, 5.41) is 11.1. The molecule has 1 aromatic carbocycles. The average Bonchev–Trinajstić information content (AvgIpc) is 3.13. The maximum Gasteiger partial charge on any atom is 0.103 e. The minimum Gasteiger partial charge on any atom is -0.379 e. The number of fused-ring (bicyclic) bond motifs is 1. The highest BCUT2D eigenvalue weighted by molar-refractivity contribution is 6.32. The van der Waals surface area contributed by atoms with Gasteiger partial charge in [-0.25, -0.2) is 4.68 Å². The highest BCUT2D eigenvalue weighted by Crippen LogP contribution is 2.39. The van der Waals surface area contributed by atoms with Gasteiger partial charge >= 0.3 is 0 Å². The van der Waals surface area contributed by atoms with Crippen molar-refractivity contribution in [3.8, 4) is 5.69 Å². The highest BCUT2D eigenvalue weighted by atomic mass is 35.5. The Hall–Kier alpha value is -1.89. The van der Waals surface area contributed by atoms with E-state index >= 15 is 0 Å². The lowest BCUT2D eigenvalue weighted by molar-refractivity contribution is 0.0582. The van der Waals surface area contributed by atoms with Crippen molar-refractivity contribution in [3.05, 3.63) is 41.3 Å². The fourth-order valence-corrected chi connectivity index (χ4v) is 5.52. The molecule has 2 aromatic heterocycles. The fraction of sp³-hybridized carbons (Fsp3) is 0.565. The van der Waals surface area contributed by atoms with Crippen LogP contribution in [0.25, 0.3) is 16.6 Å². The molecule has 6 nitrogen and oxygen atoms in total. The molecule has 1 aliphatic carbocycles. The molecule has 4 heterocycles. The number of aromatic nitrogens is 4. The summed E-state index contributed by atoms with van der Waals surface area (Å²) in [6.45, 7) is 6.30. The van der Waals surface area contributed by atoms with Crippen molar-refractivity contribution in [2.45, 2.75) is 56.5 Å². The zero-order valence-electron chi connectivity index (χ0n) is 17.4. The Kier molecular flexibility index (Phi) is 4.44. The number of piperidine rings is 1. The van der Waals surface area contributed by atoms with Crippen molar-refractivity contribution in [3.63, 3.8) is 0 Å². The quantitative estimate of drug-likeness (QED) is 0.614. The summed E-state index contributed by atoms with van der Waals surface area (Å²) in [7, 11) is 0. The van der Waals surface area contributed by atoms with Gasteiger partial charge in [-0.1, -0.05) is 11.6 Å². The molecule has 1 atom stereocenters. The van der Waals surface area contributed by atoms with Gasteiger partial charge in [0.2, 0.25) is 0 Å². The van der Waals surface area contributed by atoms with Crippen LogP contribution in [0.1, 0.15) is 56.6 Å². The van der Waals surface area contributed by atoms with Crippen LogP contribution in [-0.4, -0.2) is 56.3 Å². The topological polar surface area (TPSA) is 48.1 Å². The molecule has 0 unspecified atom stereocenters. The monoisotopic (exact) mass is 425 g/mol. The first kappa shape index (κ1) is 18.8. The lowest BCUT2D eigenvalue weighted by Crippen LogP contribution is -2.50. The lowest BCUT2D eigenvalue weighted by atomic mass is 9.86. The first-order valence-corrected chi connectivity index (χ1v) is 11.5. The van der Waals surface area contributed by atoms with E-state index in [1.165, 1.54) is 18.4 Å². The number of rotatable bonds is 4. The Morgan fingerprint density at radius 2 is 1.93 bits per heavy atom. The second-order valence-corrected chi connectivity index (χ2v) is 9.87. The van der Waals surface area contributed by atoms with Crippen molar-refractivity contribution in [2.75, 3.05) is 26.3 Å². The van der Waals surface area contributed by atoms with E-state index in [1.807, 2.05) is 17.1 Å². The molecule has 6 rings (SSSR count). The van der Waals surface area contributed by atoms with Crippen molar-refractivity contribution >= 4 is 22.5 Å². The minimum absolute atomic E-state index is 0.207. The molecule has 1 saturated carbocycles. The Labute approximate surface area is 181 Å². The third-order valence-corrected chi connectivity index (χ3v) is 7.66. The van der Waals surface area contributed by atoms with Gasteiger partial charge in [0.25, 0.3) is 0 Å². The molecule has 0 N–H and O–H groups in total. The molecule has 2 aliphatic heterocycles. The molecule has 0 amide bonds. The highest BCUT2D eigenvalue weighted by Gasteiger charge is 2.38. The lowest BCUT2D eigenvalue weighted by Gasteiger charge is -2.42. The van der Waals surface area contributed by atoms with Crippen LogP contribution in [0, 0.1) is 0 Å². The summed E-state index contributed by atoms with van der Waals surface area (Å²) >= 11 is 6.75. The van der Waals surface area contributed by atoms with Gasteiger partial charge in [-0.05, 0) is 75.7 Å². The molecule has 0 bridgehead atoms. The first-order chi connectivity index (χ1) is 14.6. The normalized spacial score (nSPS) is 26.1. The Morgan fingerprint density at radius 1 is 1.10 bits per heavy atom. The van der Waals surface area contributed by atoms with E-state index in [0.29, 0.717) is 12.0 Å². The first-order valence-electron chi connectivity index (χ1n) is 11.2. The number of benzene rings is 1. The summed E-state index contributed by atoms with van der Waals surface area (Å²) in [5.41, 5.74) is 3.60. The molecular formula is C23H28ClN5O. The van der Waals surface area contributed by atoms with E-state index in [4.69, 9.17) is 16.3 Å². The van der Waals surface area contributed by atoms with E-state index in [0.717, 1.165) is 67.2 Å². The second-order valence-electron chi connectivity index (χ2n) is 9.46. The van der Waals surface area contributed by atoms with E-state index in [9.17, 15) is 0 Å². The molecule has 3 aliphatic rings. The zero-order valence-corrected chi connectivity index (χ0v) is 18.2. The maximum absolute atomic E-state index is 6.75. The van der Waals surface area contributed by atoms with E-state index in [-0.39, 0.29) is 5.54 Å². The van der Waals surface area contributed by atoms with Gasteiger partial charge in [-0.2, -0.15) is 10.2 Å². The van der Waals surface area contributed by atoms with Gasteiger partial charge in [0.15, 0.2) is 0 Å². The molecule has 2 saturated heterocycles. The summed E-state index contributed by atoms with van der Waals surface area (Å²) in [4.78, 5) is 2.62. The Balaban J connectivity index is 1.27. The molecule has 0 spiro atoms. The molecule has 3 aromatic rings. The van der Waals surface area contributed by atoms with Gasteiger partial charge in [-0.3, -0.25) is 9.58 Å². The SMILES string of the molecule is C[C@@]1(N2CCC(c3cc4c(cnn4-c4cnn(C5CC5)c4)cc3Cl)CC2)CCOC1. The van der Waals surface area contributed by atoms with Gasteiger partial charge in [0.1, 0.15) is 5.69 Å². The van der Waals surface area contributed by atoms with Crippen LogP contribution >= 0.6 is 11.6 Å². The van der Waals surface area contributed by atoms with Gasteiger partial charge in [0.05, 0.1) is 36.8 Å². The van der Waals surface area contributed by atoms with Crippen LogP contribution in [0.5, 0.6) is 0 Å². The van der Waals surface area contributed by atoms with Crippen LogP contribution in [-0.2, 0) is 4.74 Å². The molecule has 7 heteroatoms. The van der Waals surface area contributed by atoms with Crippen LogP contribution < -0.4 is 0 Å². The third-order valence-electron chi connectivity index (χ3n) is 7.34. The largest absolute Gasteiger partial charge is 0.379 e. The Morgan fingerprint density at radius 3 is 2.67 bits per heavy atom. The summed E-state index contributed by atoms with van der Waals surface area (Å²) in [5.74, 6) is 0.488. The van der Waals surface area contributed by atoms with Crippen molar-refractivity contribution in [1.82, 2.24) is 24.5 Å². The minimum atomic E-state index is 0.207. The van der Waals surface area contributed by atoms with Crippen LogP contribution in [0.15, 0.2) is 30.7 Å². The van der Waals surface area contributed by atoms with Gasteiger partial charge in [0, 0.05) is 22.6 Å². The van der Waals surface area contributed by atoms with Crippen molar-refractivity contribution in [1.29, 1.82) is 0 Å². The standard InChI is InChI=1S/C23H28ClN5O/c1-23(6-9-30-15-23)27-7-4-16(5-8-27)20-11-22-17(10-21(20)24)12-26-29(22)19-13-25-28(14-19)18-2-3-18/h10-14,16,18H,2-9,15H2,1H3/t23-/m1/s1. The number of likely N-dealkylation sites (tertiary alicyclic amines) is 1. The Bertz CT molecular complexity index is 1070. The van der Waals surface area contributed by atoms with E-state index < -0.39 is 0 Å². The van der Waals surface area contributed by atoms with Crippen LogP contribution in [0.3, 0.4) is 0 Å². The number of hydrogen-bond acceptors (Lipinski definition) is 4. The van der Waals surface area contributed by atoms with Crippen molar-refractivity contribution < 1.29 is 4.74 Å². The molecule has 3 fully saturated rings. The molecular weight excluding hydrogens is 398 g/mol. The number of nitrogens with zero attached hydrogens (tertiary/aromatic N) is 5. The van der Waals surface area contributed by atoms with Crippen molar-refractivity contribution in [2.24, 2.45) is 0 Å². The summed E-state index contributed by atoms with van der Waals surface area (Å²) in [6.07, 6.45) is 11.8. The fourth-order valence-electron chi connectivity index (χ4n) is 5.19. The predicted octanol–water partition coefficient (Wildman–Crippen LogP) is 4.57. The molecule has 30 heavy (non-hydrogen) atoms. The zero-order chi connectivity index (χ0) is 20.3. The van der Waals surface area contributed by atoms with Crippen LogP contribution in [0.2, 0.25) is 5.02 Å².